The van der Waals surface area contributed by atoms with E-state index < -0.39 is 0 Å². The quantitative estimate of drug-likeness (QED) is 0.257. The fourth-order valence-electron chi connectivity index (χ4n) is 5.28. The first-order valence-electron chi connectivity index (χ1n) is 12.6. The molecule has 0 radical (unpaired) electrons. The molecule has 0 aliphatic carbocycles. The Bertz CT molecular complexity index is 2120. The summed E-state index contributed by atoms with van der Waals surface area (Å²) in [4.78, 5) is 14.9. The summed E-state index contributed by atoms with van der Waals surface area (Å²) in [7, 11) is 0. The largest absolute Gasteiger partial charge is 0.306 e. The predicted molar refractivity (Wildman–Crippen MR) is 153 cm³/mol. The first kappa shape index (κ1) is 20.9. The van der Waals surface area contributed by atoms with E-state index in [2.05, 4.69) is 94.0 Å². The molecule has 0 saturated heterocycles. The minimum atomic E-state index is 0.873. The molecule has 0 fully saturated rings. The number of nitrogens with zero attached hydrogens (tertiary/aromatic N) is 5. The maximum atomic E-state index is 5.12. The van der Waals surface area contributed by atoms with Crippen LogP contribution in [0, 0.1) is 0 Å². The second-order valence-corrected chi connectivity index (χ2v) is 9.47. The molecule has 5 nitrogen and oxygen atoms in total. The van der Waals surface area contributed by atoms with Crippen LogP contribution >= 0.6 is 0 Å². The molecule has 5 heteroatoms. The van der Waals surface area contributed by atoms with E-state index in [4.69, 9.17) is 15.0 Å². The highest BCUT2D eigenvalue weighted by Crippen LogP contribution is 2.33. The van der Waals surface area contributed by atoms with Crippen LogP contribution in [0.3, 0.4) is 0 Å². The van der Waals surface area contributed by atoms with E-state index in [0.29, 0.717) is 0 Å². The van der Waals surface area contributed by atoms with Crippen molar-refractivity contribution in [2.45, 2.75) is 0 Å². The molecule has 8 rings (SSSR count). The van der Waals surface area contributed by atoms with Crippen molar-refractivity contribution in [1.82, 2.24) is 23.8 Å². The van der Waals surface area contributed by atoms with Gasteiger partial charge in [0.2, 0.25) is 0 Å². The predicted octanol–water partition coefficient (Wildman–Crippen LogP) is 7.68. The molecule has 38 heavy (non-hydrogen) atoms. The van der Waals surface area contributed by atoms with E-state index in [1.54, 1.807) is 0 Å². The molecule has 0 aliphatic heterocycles. The van der Waals surface area contributed by atoms with Crippen LogP contribution in [-0.4, -0.2) is 23.8 Å². The van der Waals surface area contributed by atoms with Crippen molar-refractivity contribution in [2.24, 2.45) is 0 Å². The molecule has 0 atom stereocenters. The highest BCUT2D eigenvalue weighted by molar-refractivity contribution is 6.09. The third kappa shape index (κ3) is 3.22. The average molecular weight is 488 g/mol. The summed E-state index contributed by atoms with van der Waals surface area (Å²) >= 11 is 0. The van der Waals surface area contributed by atoms with Crippen molar-refractivity contribution in [1.29, 1.82) is 0 Å². The van der Waals surface area contributed by atoms with Gasteiger partial charge in [0.25, 0.3) is 0 Å². The summed E-state index contributed by atoms with van der Waals surface area (Å²) in [5.41, 5.74) is 10.0. The van der Waals surface area contributed by atoms with E-state index in [-0.39, 0.29) is 0 Å². The Morgan fingerprint density at radius 3 is 2.13 bits per heavy atom. The van der Waals surface area contributed by atoms with Gasteiger partial charge >= 0.3 is 0 Å². The van der Waals surface area contributed by atoms with Crippen LogP contribution in [0.2, 0.25) is 0 Å². The molecular formula is C33H21N5. The molecule has 0 spiro atoms. The number of hydrogen-bond acceptors (Lipinski definition) is 3. The molecule has 0 bridgehead atoms. The lowest BCUT2D eigenvalue weighted by molar-refractivity contribution is 1.19. The fraction of sp³-hybridized carbons (Fsp3) is 0. The zero-order valence-electron chi connectivity index (χ0n) is 20.4. The normalized spacial score (nSPS) is 11.7. The van der Waals surface area contributed by atoms with Crippen LogP contribution in [0.4, 0.5) is 0 Å². The van der Waals surface area contributed by atoms with Gasteiger partial charge in [-0.3, -0.25) is 4.40 Å². The van der Waals surface area contributed by atoms with E-state index in [9.17, 15) is 0 Å². The van der Waals surface area contributed by atoms with E-state index in [1.165, 1.54) is 0 Å². The number of aromatic nitrogens is 5. The monoisotopic (exact) mass is 487 g/mol. The van der Waals surface area contributed by atoms with Crippen molar-refractivity contribution in [3.05, 3.63) is 128 Å². The molecular weight excluding hydrogens is 466 g/mol. The van der Waals surface area contributed by atoms with Crippen LogP contribution in [0.1, 0.15) is 0 Å². The van der Waals surface area contributed by atoms with Gasteiger partial charge in [-0.05, 0) is 35.4 Å². The lowest BCUT2D eigenvalue weighted by Gasteiger charge is -2.09. The minimum Gasteiger partial charge on any atom is -0.306 e. The maximum Gasteiger partial charge on any atom is 0.165 e. The molecule has 5 heterocycles. The van der Waals surface area contributed by atoms with Crippen LogP contribution in [-0.2, 0) is 0 Å². The second-order valence-electron chi connectivity index (χ2n) is 9.47. The minimum absolute atomic E-state index is 0.873. The summed E-state index contributed by atoms with van der Waals surface area (Å²) in [5, 5.41) is 2.21. The zero-order chi connectivity index (χ0) is 25.1. The lowest BCUT2D eigenvalue weighted by Crippen LogP contribution is -1.92. The smallest absolute Gasteiger partial charge is 0.165 e. The van der Waals surface area contributed by atoms with Gasteiger partial charge in [0, 0.05) is 40.5 Å². The molecule has 3 aromatic carbocycles. The summed E-state index contributed by atoms with van der Waals surface area (Å²) in [6.07, 6.45) is 6.17. The Hall–Kier alpha value is -5.29. The van der Waals surface area contributed by atoms with Gasteiger partial charge in [0.05, 0.1) is 11.4 Å². The van der Waals surface area contributed by atoms with Crippen molar-refractivity contribution in [3.63, 3.8) is 0 Å². The van der Waals surface area contributed by atoms with Gasteiger partial charge < -0.3 is 4.40 Å². The Morgan fingerprint density at radius 2 is 1.26 bits per heavy atom. The van der Waals surface area contributed by atoms with Gasteiger partial charge in [0.1, 0.15) is 16.8 Å². The molecule has 5 aromatic heterocycles. The molecule has 178 valence electrons. The van der Waals surface area contributed by atoms with Gasteiger partial charge in [-0.25, -0.2) is 15.0 Å². The van der Waals surface area contributed by atoms with E-state index in [0.717, 1.165) is 66.9 Å². The van der Waals surface area contributed by atoms with Crippen molar-refractivity contribution >= 4 is 33.2 Å². The topological polar surface area (TPSA) is 47.5 Å². The second kappa shape index (κ2) is 8.11. The number of imidazole rings is 2. The average Bonchev–Trinajstić information content (AvgIpc) is 3.59. The van der Waals surface area contributed by atoms with E-state index in [1.807, 2.05) is 42.6 Å². The molecule has 0 N–H and O–H groups in total. The summed E-state index contributed by atoms with van der Waals surface area (Å²) in [6.45, 7) is 0. The van der Waals surface area contributed by atoms with E-state index >= 15 is 0 Å². The van der Waals surface area contributed by atoms with Crippen LogP contribution in [0.5, 0.6) is 0 Å². The van der Waals surface area contributed by atoms with Crippen molar-refractivity contribution in [2.75, 3.05) is 0 Å². The number of hydrogen-bond donors (Lipinski definition) is 0. The first-order valence-corrected chi connectivity index (χ1v) is 12.6. The third-order valence-electron chi connectivity index (χ3n) is 7.18. The first-order chi connectivity index (χ1) is 18.8. The molecule has 0 unspecified atom stereocenters. The SMILES string of the molecule is c1ccc(-c2cn3ccc(-c4ccc(-c5nc6c(nc7ccccn76)c6ccccc56)cc4)cc3n2)cc1. The summed E-state index contributed by atoms with van der Waals surface area (Å²) < 4.78 is 4.13. The Balaban J connectivity index is 1.22. The van der Waals surface area contributed by atoms with Gasteiger partial charge in [0.15, 0.2) is 5.65 Å². The molecule has 0 amide bonds. The van der Waals surface area contributed by atoms with Crippen molar-refractivity contribution < 1.29 is 0 Å². The number of pyridine rings is 3. The lowest BCUT2D eigenvalue weighted by atomic mass is 10.00. The Labute approximate surface area is 218 Å². The van der Waals surface area contributed by atoms with Gasteiger partial charge in [-0.2, -0.15) is 0 Å². The summed E-state index contributed by atoms with van der Waals surface area (Å²) in [6, 6.07) is 37.6. The maximum absolute atomic E-state index is 5.12. The Morgan fingerprint density at radius 1 is 0.500 bits per heavy atom. The molecule has 0 aliphatic rings. The fourth-order valence-corrected chi connectivity index (χ4v) is 5.28. The molecule has 8 aromatic rings. The summed E-state index contributed by atoms with van der Waals surface area (Å²) in [5.74, 6) is 0. The Kier molecular flexibility index (Phi) is 4.45. The number of rotatable bonds is 3. The number of benzene rings is 3. The highest BCUT2D eigenvalue weighted by atomic mass is 15.1. The third-order valence-corrected chi connectivity index (χ3v) is 7.18. The van der Waals surface area contributed by atoms with Crippen LogP contribution in [0.25, 0.3) is 66.9 Å². The van der Waals surface area contributed by atoms with Gasteiger partial charge in [-0.1, -0.05) is 84.9 Å². The van der Waals surface area contributed by atoms with Crippen LogP contribution < -0.4 is 0 Å². The zero-order valence-corrected chi connectivity index (χ0v) is 20.4. The standard InChI is InChI=1S/C33H21N5/c1-2-8-23(9-3-1)28-21-37-19-17-25(20-30(37)34-28)22-13-15-24(16-14-22)31-26-10-4-5-11-27(26)32-33(36-31)38-18-7-6-12-29(38)35-32/h1-21H. The van der Waals surface area contributed by atoms with Gasteiger partial charge in [-0.15, -0.1) is 0 Å². The van der Waals surface area contributed by atoms with Crippen LogP contribution in [0.15, 0.2) is 128 Å². The van der Waals surface area contributed by atoms with Crippen molar-refractivity contribution in [3.8, 4) is 33.6 Å². The number of fused-ring (bicyclic) bond motifs is 6. The molecule has 0 saturated carbocycles. The highest BCUT2D eigenvalue weighted by Gasteiger charge is 2.15.